The van der Waals surface area contributed by atoms with Crippen LogP contribution in [0.4, 0.5) is 18.9 Å². The number of hydrogen-bond acceptors (Lipinski definition) is 4. The van der Waals surface area contributed by atoms with Crippen LogP contribution in [0, 0.1) is 0 Å². The van der Waals surface area contributed by atoms with Gasteiger partial charge in [0.1, 0.15) is 5.69 Å². The van der Waals surface area contributed by atoms with Gasteiger partial charge in [0.2, 0.25) is 0 Å². The molecule has 1 N–H and O–H groups in total. The summed E-state index contributed by atoms with van der Waals surface area (Å²) >= 11 is 0. The van der Waals surface area contributed by atoms with E-state index in [-0.39, 0.29) is 11.3 Å². The van der Waals surface area contributed by atoms with Gasteiger partial charge in [-0.25, -0.2) is 9.78 Å². The van der Waals surface area contributed by atoms with Gasteiger partial charge in [0.05, 0.1) is 12.7 Å². The minimum atomic E-state index is -4.48. The lowest BCUT2D eigenvalue weighted by Gasteiger charge is -2.22. The van der Waals surface area contributed by atoms with E-state index in [1.165, 1.54) is 25.4 Å². The number of aryl methyl sites for hydroxylation is 1. The van der Waals surface area contributed by atoms with Crippen LogP contribution < -0.4 is 5.32 Å². The average Bonchev–Trinajstić information content (AvgIpc) is 2.59. The van der Waals surface area contributed by atoms with Gasteiger partial charge in [0, 0.05) is 24.0 Å². The molecule has 0 spiro atoms. The van der Waals surface area contributed by atoms with Gasteiger partial charge in [-0.15, -0.1) is 0 Å². The molecule has 2 heterocycles. The minimum Gasteiger partial charge on any atom is -0.464 e. The number of methoxy groups -OCH3 is 1. The predicted molar refractivity (Wildman–Crippen MR) is 82.8 cm³/mol. The number of halogens is 3. The van der Waals surface area contributed by atoms with Gasteiger partial charge in [-0.1, -0.05) is 6.07 Å². The third-order valence-electron chi connectivity index (χ3n) is 3.96. The third kappa shape index (κ3) is 3.06. The second kappa shape index (κ2) is 6.14. The quantitative estimate of drug-likeness (QED) is 0.845. The van der Waals surface area contributed by atoms with Crippen molar-refractivity contribution in [2.24, 2.45) is 0 Å². The summed E-state index contributed by atoms with van der Waals surface area (Å²) in [5.41, 5.74) is 1.08. The van der Waals surface area contributed by atoms with Gasteiger partial charge in [-0.2, -0.15) is 13.2 Å². The normalized spacial score (nSPS) is 13.8. The second-order valence-electron chi connectivity index (χ2n) is 5.51. The van der Waals surface area contributed by atoms with Crippen molar-refractivity contribution < 1.29 is 22.7 Å². The zero-order chi connectivity index (χ0) is 17.3. The van der Waals surface area contributed by atoms with Crippen LogP contribution in [0.2, 0.25) is 0 Å². The molecular weight excluding hydrogens is 321 g/mol. The number of esters is 1. The lowest BCUT2D eigenvalue weighted by molar-refractivity contribution is -0.137. The van der Waals surface area contributed by atoms with Crippen LogP contribution in [0.5, 0.6) is 0 Å². The zero-order valence-electron chi connectivity index (χ0n) is 12.9. The lowest BCUT2D eigenvalue weighted by atomic mass is 9.93. The summed E-state index contributed by atoms with van der Waals surface area (Å²) in [5.74, 6) is -0.632. The molecule has 4 nitrogen and oxygen atoms in total. The highest BCUT2D eigenvalue weighted by Gasteiger charge is 2.35. The van der Waals surface area contributed by atoms with Crippen molar-refractivity contribution in [3.63, 3.8) is 0 Å². The molecule has 1 aliphatic rings. The fourth-order valence-electron chi connectivity index (χ4n) is 2.77. The Labute approximate surface area is 136 Å². The summed E-state index contributed by atoms with van der Waals surface area (Å²) in [7, 11) is 1.22. The van der Waals surface area contributed by atoms with Gasteiger partial charge < -0.3 is 10.1 Å². The van der Waals surface area contributed by atoms with Crippen LogP contribution in [0.25, 0.3) is 11.1 Å². The number of fused-ring (bicyclic) bond motifs is 1. The van der Waals surface area contributed by atoms with E-state index in [9.17, 15) is 18.0 Å². The standard InChI is InChI=1S/C17H15F3N2O2/c1-24-16(23)14-5-4-11(9-22-14)12-7-10-3-2-6-21-15(10)8-13(12)17(18,19)20/h4-5,7-9,21H,2-3,6H2,1H3. The third-order valence-corrected chi connectivity index (χ3v) is 3.96. The van der Waals surface area contributed by atoms with E-state index < -0.39 is 17.7 Å². The first-order chi connectivity index (χ1) is 11.4. The number of nitrogens with zero attached hydrogens (tertiary/aromatic N) is 1. The number of alkyl halides is 3. The van der Waals surface area contributed by atoms with Crippen LogP contribution >= 0.6 is 0 Å². The first-order valence-electron chi connectivity index (χ1n) is 7.43. The van der Waals surface area contributed by atoms with Gasteiger partial charge in [0.15, 0.2) is 0 Å². The number of anilines is 1. The van der Waals surface area contributed by atoms with E-state index in [1.54, 1.807) is 6.07 Å². The predicted octanol–water partition coefficient (Wildman–Crippen LogP) is 3.91. The summed E-state index contributed by atoms with van der Waals surface area (Å²) in [6.07, 6.45) is -1.62. The Kier molecular flexibility index (Phi) is 4.17. The fraction of sp³-hybridized carbons (Fsp3) is 0.294. The van der Waals surface area contributed by atoms with Crippen LogP contribution in [0.15, 0.2) is 30.5 Å². The minimum absolute atomic E-state index is 0.0504. The molecule has 0 unspecified atom stereocenters. The number of carbonyl (C=O) groups excluding carboxylic acids is 1. The number of benzene rings is 1. The Morgan fingerprint density at radius 3 is 2.71 bits per heavy atom. The van der Waals surface area contributed by atoms with Crippen molar-refractivity contribution in [1.82, 2.24) is 4.98 Å². The molecule has 0 saturated carbocycles. The highest BCUT2D eigenvalue weighted by Crippen LogP contribution is 2.40. The van der Waals surface area contributed by atoms with Crippen molar-refractivity contribution in [2.45, 2.75) is 19.0 Å². The molecule has 24 heavy (non-hydrogen) atoms. The van der Waals surface area contributed by atoms with Crippen molar-refractivity contribution in [1.29, 1.82) is 0 Å². The second-order valence-corrected chi connectivity index (χ2v) is 5.51. The van der Waals surface area contributed by atoms with Gasteiger partial charge in [-0.3, -0.25) is 0 Å². The monoisotopic (exact) mass is 336 g/mol. The van der Waals surface area contributed by atoms with E-state index in [1.807, 2.05) is 0 Å². The maximum atomic E-state index is 13.4. The van der Waals surface area contributed by atoms with Gasteiger partial charge >= 0.3 is 12.1 Å². The molecule has 1 aromatic heterocycles. The van der Waals surface area contributed by atoms with Crippen molar-refractivity contribution >= 4 is 11.7 Å². The topological polar surface area (TPSA) is 51.2 Å². The molecular formula is C17H15F3N2O2. The van der Waals surface area contributed by atoms with Crippen molar-refractivity contribution in [2.75, 3.05) is 19.0 Å². The number of rotatable bonds is 2. The molecule has 1 aromatic carbocycles. The fourth-order valence-corrected chi connectivity index (χ4v) is 2.77. The molecule has 2 aromatic rings. The maximum Gasteiger partial charge on any atom is 0.417 e. The number of pyridine rings is 1. The van der Waals surface area contributed by atoms with Crippen molar-refractivity contribution in [3.8, 4) is 11.1 Å². The van der Waals surface area contributed by atoms with Gasteiger partial charge in [0.25, 0.3) is 0 Å². The summed E-state index contributed by atoms with van der Waals surface area (Å²) in [5, 5.41) is 3.01. The van der Waals surface area contributed by atoms with Crippen LogP contribution in [0.1, 0.15) is 28.0 Å². The van der Waals surface area contributed by atoms with E-state index in [2.05, 4.69) is 15.0 Å². The first-order valence-corrected chi connectivity index (χ1v) is 7.43. The van der Waals surface area contributed by atoms with E-state index in [0.717, 1.165) is 24.5 Å². The summed E-state index contributed by atoms with van der Waals surface area (Å²) < 4.78 is 44.9. The SMILES string of the molecule is COC(=O)c1ccc(-c2cc3c(cc2C(F)(F)F)NCCC3)cn1. The molecule has 0 aliphatic carbocycles. The molecule has 3 rings (SSSR count). The maximum absolute atomic E-state index is 13.4. The molecule has 0 bridgehead atoms. The van der Waals surface area contributed by atoms with Crippen LogP contribution in [-0.4, -0.2) is 24.6 Å². The summed E-state index contributed by atoms with van der Waals surface area (Å²) in [6, 6.07) is 5.52. The Balaban J connectivity index is 2.10. The lowest BCUT2D eigenvalue weighted by Crippen LogP contribution is -2.15. The van der Waals surface area contributed by atoms with E-state index in [0.29, 0.717) is 17.8 Å². The van der Waals surface area contributed by atoms with Crippen molar-refractivity contribution in [3.05, 3.63) is 47.3 Å². The molecule has 0 radical (unpaired) electrons. The van der Waals surface area contributed by atoms with Gasteiger partial charge in [-0.05, 0) is 42.2 Å². The number of hydrogen-bond donors (Lipinski definition) is 1. The summed E-state index contributed by atoms with van der Waals surface area (Å²) in [4.78, 5) is 15.3. The number of nitrogens with one attached hydrogen (secondary N) is 1. The van der Waals surface area contributed by atoms with Crippen LogP contribution in [0.3, 0.4) is 0 Å². The Morgan fingerprint density at radius 1 is 1.29 bits per heavy atom. The number of aromatic nitrogens is 1. The Morgan fingerprint density at radius 2 is 2.08 bits per heavy atom. The average molecular weight is 336 g/mol. The molecule has 0 fully saturated rings. The molecule has 1 aliphatic heterocycles. The number of carbonyl (C=O) groups is 1. The largest absolute Gasteiger partial charge is 0.464 e. The summed E-state index contributed by atoms with van der Waals surface area (Å²) in [6.45, 7) is 0.666. The van der Waals surface area contributed by atoms with Crippen LogP contribution in [-0.2, 0) is 17.3 Å². The Bertz CT molecular complexity index is 771. The van der Waals surface area contributed by atoms with E-state index >= 15 is 0 Å². The molecule has 0 amide bonds. The first kappa shape index (κ1) is 16.3. The van der Waals surface area contributed by atoms with E-state index in [4.69, 9.17) is 0 Å². The Hall–Kier alpha value is -2.57. The zero-order valence-corrected chi connectivity index (χ0v) is 12.9. The molecule has 7 heteroatoms. The molecule has 0 saturated heterocycles. The highest BCUT2D eigenvalue weighted by molar-refractivity contribution is 5.87. The molecule has 126 valence electrons. The highest BCUT2D eigenvalue weighted by atomic mass is 19.4. The number of ether oxygens (including phenoxy) is 1. The smallest absolute Gasteiger partial charge is 0.417 e. The molecule has 0 atom stereocenters.